The molecule has 0 unspecified atom stereocenters. The normalized spacial score (nSPS) is 16.4. The van der Waals surface area contributed by atoms with E-state index in [0.29, 0.717) is 18.3 Å². The fourth-order valence-corrected chi connectivity index (χ4v) is 3.77. The molecule has 1 aliphatic heterocycles. The van der Waals surface area contributed by atoms with E-state index in [0.717, 1.165) is 69.5 Å². The number of nitrogens with zero attached hydrogens (tertiary/aromatic N) is 1. The lowest BCUT2D eigenvalue weighted by molar-refractivity contribution is 0.204. The SMILES string of the molecule is O=C(Nc1ccc(CCCCOc2cc(F)cc(C3CC3)c2)cc1)N1CCNCC1. The van der Waals surface area contributed by atoms with Crippen molar-refractivity contribution in [2.45, 2.75) is 38.0 Å². The van der Waals surface area contributed by atoms with E-state index in [1.165, 1.54) is 11.6 Å². The van der Waals surface area contributed by atoms with Crippen LogP contribution in [0.15, 0.2) is 42.5 Å². The molecule has 2 aliphatic rings. The molecule has 5 nitrogen and oxygen atoms in total. The highest BCUT2D eigenvalue weighted by Crippen LogP contribution is 2.41. The summed E-state index contributed by atoms with van der Waals surface area (Å²) in [4.78, 5) is 14.1. The van der Waals surface area contributed by atoms with Crippen molar-refractivity contribution in [3.8, 4) is 5.75 Å². The van der Waals surface area contributed by atoms with Crippen LogP contribution in [0.2, 0.25) is 0 Å². The van der Waals surface area contributed by atoms with E-state index in [1.54, 1.807) is 6.07 Å². The predicted molar refractivity (Wildman–Crippen MR) is 117 cm³/mol. The third kappa shape index (κ3) is 5.95. The van der Waals surface area contributed by atoms with Crippen molar-refractivity contribution in [1.29, 1.82) is 0 Å². The number of hydrogen-bond donors (Lipinski definition) is 2. The molecule has 6 heteroatoms. The van der Waals surface area contributed by atoms with Gasteiger partial charge in [-0.1, -0.05) is 12.1 Å². The summed E-state index contributed by atoms with van der Waals surface area (Å²) in [6.07, 6.45) is 5.17. The van der Waals surface area contributed by atoms with Crippen molar-refractivity contribution in [3.05, 3.63) is 59.4 Å². The molecule has 0 atom stereocenters. The zero-order chi connectivity index (χ0) is 20.8. The maximum atomic E-state index is 13.7. The Kier molecular flexibility index (Phi) is 6.84. The van der Waals surface area contributed by atoms with E-state index >= 15 is 0 Å². The van der Waals surface area contributed by atoms with E-state index in [4.69, 9.17) is 4.74 Å². The average Bonchev–Trinajstić information content (AvgIpc) is 3.60. The van der Waals surface area contributed by atoms with Gasteiger partial charge in [-0.25, -0.2) is 9.18 Å². The fourth-order valence-electron chi connectivity index (χ4n) is 3.77. The molecule has 0 radical (unpaired) electrons. The van der Waals surface area contributed by atoms with Gasteiger partial charge in [-0.15, -0.1) is 0 Å². The van der Waals surface area contributed by atoms with Gasteiger partial charge in [0.1, 0.15) is 11.6 Å². The Bertz CT molecular complexity index is 846. The molecule has 1 heterocycles. The number of halogens is 1. The minimum Gasteiger partial charge on any atom is -0.493 e. The second-order valence-electron chi connectivity index (χ2n) is 8.16. The first-order valence-corrected chi connectivity index (χ1v) is 11.0. The van der Waals surface area contributed by atoms with E-state index in [1.807, 2.05) is 23.1 Å². The van der Waals surface area contributed by atoms with Gasteiger partial charge in [-0.05, 0) is 73.4 Å². The summed E-state index contributed by atoms with van der Waals surface area (Å²) >= 11 is 0. The molecule has 2 fully saturated rings. The van der Waals surface area contributed by atoms with E-state index in [9.17, 15) is 9.18 Å². The van der Waals surface area contributed by atoms with E-state index in [-0.39, 0.29) is 11.8 Å². The molecule has 0 aromatic heterocycles. The van der Waals surface area contributed by atoms with Crippen molar-refractivity contribution in [1.82, 2.24) is 10.2 Å². The number of benzene rings is 2. The van der Waals surface area contributed by atoms with Crippen molar-refractivity contribution >= 4 is 11.7 Å². The Morgan fingerprint density at radius 1 is 1.10 bits per heavy atom. The quantitative estimate of drug-likeness (QED) is 0.627. The Balaban J connectivity index is 1.16. The van der Waals surface area contributed by atoms with Gasteiger partial charge in [0.2, 0.25) is 0 Å². The number of unbranched alkanes of at least 4 members (excludes halogenated alkanes) is 1. The largest absolute Gasteiger partial charge is 0.493 e. The van der Waals surface area contributed by atoms with Gasteiger partial charge in [-0.2, -0.15) is 0 Å². The number of aryl methyl sites for hydroxylation is 1. The summed E-state index contributed by atoms with van der Waals surface area (Å²) in [5.74, 6) is 0.952. The lowest BCUT2D eigenvalue weighted by Crippen LogP contribution is -2.48. The number of hydrogen-bond acceptors (Lipinski definition) is 3. The maximum absolute atomic E-state index is 13.7. The number of carbonyl (C=O) groups excluding carboxylic acids is 1. The number of piperazine rings is 1. The molecular formula is C24H30FN3O2. The van der Waals surface area contributed by atoms with Crippen LogP contribution in [0.5, 0.6) is 5.75 Å². The summed E-state index contributed by atoms with van der Waals surface area (Å²) in [7, 11) is 0. The highest BCUT2D eigenvalue weighted by atomic mass is 19.1. The fraction of sp³-hybridized carbons (Fsp3) is 0.458. The van der Waals surface area contributed by atoms with Crippen LogP contribution in [0.3, 0.4) is 0 Å². The van der Waals surface area contributed by atoms with Crippen LogP contribution in [0.4, 0.5) is 14.9 Å². The minimum absolute atomic E-state index is 0.0383. The van der Waals surface area contributed by atoms with Crippen LogP contribution in [-0.2, 0) is 6.42 Å². The maximum Gasteiger partial charge on any atom is 0.321 e. The Morgan fingerprint density at radius 3 is 2.60 bits per heavy atom. The topological polar surface area (TPSA) is 53.6 Å². The summed E-state index contributed by atoms with van der Waals surface area (Å²) in [6, 6.07) is 13.1. The molecule has 0 spiro atoms. The van der Waals surface area contributed by atoms with Crippen LogP contribution in [0.25, 0.3) is 0 Å². The van der Waals surface area contributed by atoms with E-state index in [2.05, 4.69) is 22.8 Å². The van der Waals surface area contributed by atoms with Crippen molar-refractivity contribution < 1.29 is 13.9 Å². The molecule has 2 N–H and O–H groups in total. The Morgan fingerprint density at radius 2 is 1.87 bits per heavy atom. The van der Waals surface area contributed by atoms with Crippen LogP contribution < -0.4 is 15.4 Å². The second kappa shape index (κ2) is 9.94. The molecule has 0 bridgehead atoms. The summed E-state index contributed by atoms with van der Waals surface area (Å²) in [6.45, 7) is 3.76. The van der Waals surface area contributed by atoms with Crippen LogP contribution in [0.1, 0.15) is 42.7 Å². The molecule has 160 valence electrons. The average molecular weight is 412 g/mol. The second-order valence-corrected chi connectivity index (χ2v) is 8.16. The minimum atomic E-state index is -0.210. The third-order valence-electron chi connectivity index (χ3n) is 5.68. The Hall–Kier alpha value is -2.60. The van der Waals surface area contributed by atoms with Crippen LogP contribution in [-0.4, -0.2) is 43.7 Å². The number of amides is 2. The molecule has 1 aliphatic carbocycles. The smallest absolute Gasteiger partial charge is 0.321 e. The van der Waals surface area contributed by atoms with Crippen molar-refractivity contribution in [2.24, 2.45) is 0 Å². The first-order chi connectivity index (χ1) is 14.7. The molecule has 2 amide bonds. The number of urea groups is 1. The number of nitrogens with one attached hydrogen (secondary N) is 2. The van der Waals surface area contributed by atoms with Crippen LogP contribution in [0, 0.1) is 5.82 Å². The lowest BCUT2D eigenvalue weighted by atomic mass is 10.1. The van der Waals surface area contributed by atoms with Gasteiger partial charge in [0, 0.05) is 37.9 Å². The van der Waals surface area contributed by atoms with Crippen LogP contribution >= 0.6 is 0 Å². The van der Waals surface area contributed by atoms with Gasteiger partial charge in [-0.3, -0.25) is 0 Å². The van der Waals surface area contributed by atoms with Gasteiger partial charge < -0.3 is 20.3 Å². The lowest BCUT2D eigenvalue weighted by Gasteiger charge is -2.27. The zero-order valence-corrected chi connectivity index (χ0v) is 17.3. The van der Waals surface area contributed by atoms with Gasteiger partial charge in [0.15, 0.2) is 0 Å². The molecule has 1 saturated carbocycles. The number of ether oxygens (including phenoxy) is 1. The Labute approximate surface area is 177 Å². The monoisotopic (exact) mass is 411 g/mol. The zero-order valence-electron chi connectivity index (χ0n) is 17.3. The number of carbonyl (C=O) groups is 1. The molecule has 4 rings (SSSR count). The number of rotatable bonds is 8. The molecule has 2 aromatic rings. The van der Waals surface area contributed by atoms with Gasteiger partial charge >= 0.3 is 6.03 Å². The molecule has 2 aromatic carbocycles. The van der Waals surface area contributed by atoms with Gasteiger partial charge in [0.05, 0.1) is 6.61 Å². The molecular weight excluding hydrogens is 381 g/mol. The van der Waals surface area contributed by atoms with Gasteiger partial charge in [0.25, 0.3) is 0 Å². The first-order valence-electron chi connectivity index (χ1n) is 11.0. The summed E-state index contributed by atoms with van der Waals surface area (Å²) in [5.41, 5.74) is 3.12. The highest BCUT2D eigenvalue weighted by molar-refractivity contribution is 5.89. The van der Waals surface area contributed by atoms with Crippen molar-refractivity contribution in [2.75, 3.05) is 38.1 Å². The third-order valence-corrected chi connectivity index (χ3v) is 5.68. The summed E-state index contributed by atoms with van der Waals surface area (Å²) in [5, 5.41) is 6.21. The first kappa shape index (κ1) is 20.7. The molecule has 1 saturated heterocycles. The van der Waals surface area contributed by atoms with Crippen molar-refractivity contribution in [3.63, 3.8) is 0 Å². The highest BCUT2D eigenvalue weighted by Gasteiger charge is 2.24. The standard InChI is InChI=1S/C24H30FN3O2/c25-21-15-20(19-6-7-19)16-23(17-21)30-14-2-1-3-18-4-8-22(9-5-18)27-24(29)28-12-10-26-11-13-28/h4-5,8-9,15-17,19,26H,1-3,6-7,10-14H2,(H,27,29). The summed E-state index contributed by atoms with van der Waals surface area (Å²) < 4.78 is 19.5. The number of anilines is 1. The molecule has 30 heavy (non-hydrogen) atoms. The van der Waals surface area contributed by atoms with E-state index < -0.39 is 0 Å². The predicted octanol–water partition coefficient (Wildman–Crippen LogP) is 4.54.